The van der Waals surface area contributed by atoms with Gasteiger partial charge in [0.2, 0.25) is 15.9 Å². The first kappa shape index (κ1) is 26.0. The summed E-state index contributed by atoms with van der Waals surface area (Å²) in [5, 5.41) is 9.77. The summed E-state index contributed by atoms with van der Waals surface area (Å²) in [6.07, 6.45) is -0.0630. The number of fused-ring (bicyclic) bond motifs is 1. The third-order valence-corrected chi connectivity index (χ3v) is 8.29. The second kappa shape index (κ2) is 10.8. The van der Waals surface area contributed by atoms with Crippen LogP contribution < -0.4 is 9.47 Å². The van der Waals surface area contributed by atoms with Crippen molar-refractivity contribution in [1.29, 1.82) is 0 Å². The molecule has 0 fully saturated rings. The van der Waals surface area contributed by atoms with Gasteiger partial charge >= 0.3 is 0 Å². The number of ether oxygens (including phenoxy) is 2. The minimum atomic E-state index is -3.92. The van der Waals surface area contributed by atoms with Gasteiger partial charge in [-0.25, -0.2) is 8.42 Å². The Hall–Kier alpha value is -2.62. The number of aliphatic hydroxyl groups excluding tert-OH is 1. The summed E-state index contributed by atoms with van der Waals surface area (Å²) in [5.41, 5.74) is 1.68. The molecule has 9 heteroatoms. The van der Waals surface area contributed by atoms with Crippen molar-refractivity contribution < 1.29 is 27.8 Å². The van der Waals surface area contributed by atoms with Gasteiger partial charge in [0.25, 0.3) is 0 Å². The molecule has 0 aliphatic carbocycles. The zero-order valence-electron chi connectivity index (χ0n) is 20.4. The number of likely N-dealkylation sites (N-methyl/N-ethyl adjacent to an activating group) is 1. The van der Waals surface area contributed by atoms with Crippen LogP contribution in [0, 0.1) is 5.92 Å². The highest BCUT2D eigenvalue weighted by Crippen LogP contribution is 2.36. The van der Waals surface area contributed by atoms with Crippen molar-refractivity contribution in [3.8, 4) is 22.6 Å². The predicted molar refractivity (Wildman–Crippen MR) is 130 cm³/mol. The van der Waals surface area contributed by atoms with E-state index in [-0.39, 0.29) is 35.6 Å². The molecule has 2 aromatic rings. The smallest absolute Gasteiger partial charge is 0.247 e. The van der Waals surface area contributed by atoms with Crippen molar-refractivity contribution in [2.24, 2.45) is 5.92 Å². The van der Waals surface area contributed by atoms with Gasteiger partial charge in [-0.15, -0.1) is 0 Å². The molecule has 0 radical (unpaired) electrons. The molecule has 186 valence electrons. The summed E-state index contributed by atoms with van der Waals surface area (Å²) >= 11 is 0. The maximum atomic E-state index is 13.6. The normalized spacial score (nSPS) is 20.9. The highest BCUT2D eigenvalue weighted by Gasteiger charge is 2.38. The van der Waals surface area contributed by atoms with E-state index in [2.05, 4.69) is 0 Å². The zero-order valence-corrected chi connectivity index (χ0v) is 21.2. The Morgan fingerprint density at radius 2 is 1.88 bits per heavy atom. The first-order valence-electron chi connectivity index (χ1n) is 11.4. The molecule has 2 aromatic carbocycles. The summed E-state index contributed by atoms with van der Waals surface area (Å²) in [6.45, 7) is 5.57. The second-order valence-electron chi connectivity index (χ2n) is 8.76. The molecule has 1 aliphatic heterocycles. The lowest BCUT2D eigenvalue weighted by Crippen LogP contribution is -2.50. The van der Waals surface area contributed by atoms with Crippen molar-refractivity contribution in [2.45, 2.75) is 44.2 Å². The monoisotopic (exact) mass is 490 g/mol. The van der Waals surface area contributed by atoms with Gasteiger partial charge in [-0.1, -0.05) is 32.0 Å². The molecule has 1 aliphatic rings. The van der Waals surface area contributed by atoms with Crippen LogP contribution in [0.1, 0.15) is 27.2 Å². The Kier molecular flexibility index (Phi) is 8.22. The summed E-state index contributed by atoms with van der Waals surface area (Å²) in [7, 11) is -0.602. The Balaban J connectivity index is 2.10. The van der Waals surface area contributed by atoms with E-state index in [0.717, 1.165) is 16.9 Å². The summed E-state index contributed by atoms with van der Waals surface area (Å²) in [4.78, 5) is 13.9. The molecule has 1 amide bonds. The van der Waals surface area contributed by atoms with Crippen LogP contribution in [0.15, 0.2) is 47.4 Å². The Labute approximate surface area is 202 Å². The number of nitrogens with zero attached hydrogens (tertiary/aromatic N) is 2. The number of amides is 1. The lowest BCUT2D eigenvalue weighted by atomic mass is 10.0. The maximum Gasteiger partial charge on any atom is 0.247 e. The van der Waals surface area contributed by atoms with Crippen LogP contribution in [-0.4, -0.2) is 74.6 Å². The molecule has 0 unspecified atom stereocenters. The summed E-state index contributed by atoms with van der Waals surface area (Å²) < 4.78 is 40.1. The molecule has 3 rings (SSSR count). The van der Waals surface area contributed by atoms with E-state index in [1.165, 1.54) is 4.31 Å². The molecule has 0 aromatic heterocycles. The number of sulfonamides is 1. The fraction of sp³-hybridized carbons (Fsp3) is 0.480. The predicted octanol–water partition coefficient (Wildman–Crippen LogP) is 3.00. The van der Waals surface area contributed by atoms with E-state index in [1.54, 1.807) is 51.1 Å². The Morgan fingerprint density at radius 1 is 1.24 bits per heavy atom. The van der Waals surface area contributed by atoms with Crippen LogP contribution in [0.5, 0.6) is 11.5 Å². The fourth-order valence-electron chi connectivity index (χ4n) is 4.05. The third kappa shape index (κ3) is 5.37. The van der Waals surface area contributed by atoms with Crippen LogP contribution in [0.25, 0.3) is 11.1 Å². The number of carbonyl (C=O) groups excluding carboxylic acids is 1. The van der Waals surface area contributed by atoms with Crippen molar-refractivity contribution in [2.75, 3.05) is 33.9 Å². The van der Waals surface area contributed by atoms with Gasteiger partial charge in [-0.05, 0) is 42.3 Å². The Bertz CT molecular complexity index is 1100. The number of hydrogen-bond acceptors (Lipinski definition) is 6. The van der Waals surface area contributed by atoms with Gasteiger partial charge in [-0.2, -0.15) is 4.31 Å². The minimum absolute atomic E-state index is 0.0155. The molecule has 1 heterocycles. The molecular weight excluding hydrogens is 456 g/mol. The molecular formula is C25H34N2O6S. The van der Waals surface area contributed by atoms with Gasteiger partial charge in [-0.3, -0.25) is 4.79 Å². The van der Waals surface area contributed by atoms with E-state index in [0.29, 0.717) is 13.0 Å². The molecule has 0 spiro atoms. The van der Waals surface area contributed by atoms with E-state index in [9.17, 15) is 18.3 Å². The number of rotatable bonds is 7. The zero-order chi connectivity index (χ0) is 25.0. The average Bonchev–Trinajstić information content (AvgIpc) is 2.84. The lowest BCUT2D eigenvalue weighted by molar-refractivity contribution is -0.131. The van der Waals surface area contributed by atoms with E-state index >= 15 is 0 Å². The molecule has 0 bridgehead atoms. The fourth-order valence-corrected chi connectivity index (χ4v) is 5.87. The quantitative estimate of drug-likeness (QED) is 0.641. The van der Waals surface area contributed by atoms with Gasteiger partial charge in [0, 0.05) is 32.0 Å². The third-order valence-electron chi connectivity index (χ3n) is 6.27. The summed E-state index contributed by atoms with van der Waals surface area (Å²) in [6, 6.07) is 11.9. The van der Waals surface area contributed by atoms with Gasteiger partial charge in [0.15, 0.2) is 0 Å². The van der Waals surface area contributed by atoms with Gasteiger partial charge in [0.1, 0.15) is 22.5 Å². The van der Waals surface area contributed by atoms with Gasteiger partial charge in [0.05, 0.1) is 20.3 Å². The number of aliphatic hydroxyl groups is 1. The van der Waals surface area contributed by atoms with Crippen molar-refractivity contribution in [3.05, 3.63) is 42.5 Å². The molecule has 0 saturated heterocycles. The topological polar surface area (TPSA) is 96.4 Å². The highest BCUT2D eigenvalue weighted by atomic mass is 32.2. The first-order valence-corrected chi connectivity index (χ1v) is 12.9. The van der Waals surface area contributed by atoms with Crippen molar-refractivity contribution in [1.82, 2.24) is 9.21 Å². The molecule has 8 nitrogen and oxygen atoms in total. The maximum absolute atomic E-state index is 13.6. The molecule has 3 atom stereocenters. The summed E-state index contributed by atoms with van der Waals surface area (Å²) in [5.74, 6) is 0.712. The van der Waals surface area contributed by atoms with Crippen LogP contribution in [0.4, 0.5) is 0 Å². The SMILES string of the molecule is CCC(=O)N(C)C[C@H]1Oc2cc(-c3ccc(OC)cc3)ccc2S(=O)(=O)N([C@@H](C)CO)C[C@H]1C. The van der Waals surface area contributed by atoms with Crippen LogP contribution >= 0.6 is 0 Å². The second-order valence-corrected chi connectivity index (χ2v) is 10.6. The van der Waals surface area contributed by atoms with Crippen LogP contribution in [0.2, 0.25) is 0 Å². The van der Waals surface area contributed by atoms with E-state index in [4.69, 9.17) is 9.47 Å². The van der Waals surface area contributed by atoms with E-state index in [1.807, 2.05) is 31.2 Å². The minimum Gasteiger partial charge on any atom is -0.497 e. The first-order chi connectivity index (χ1) is 16.1. The largest absolute Gasteiger partial charge is 0.497 e. The number of benzene rings is 2. The lowest BCUT2D eigenvalue weighted by Gasteiger charge is -2.37. The van der Waals surface area contributed by atoms with Gasteiger partial charge < -0.3 is 19.5 Å². The highest BCUT2D eigenvalue weighted by molar-refractivity contribution is 7.89. The molecule has 1 N–H and O–H groups in total. The number of hydrogen-bond donors (Lipinski definition) is 1. The Morgan fingerprint density at radius 3 is 2.47 bits per heavy atom. The number of carbonyl (C=O) groups is 1. The van der Waals surface area contributed by atoms with Crippen LogP contribution in [-0.2, 0) is 14.8 Å². The van der Waals surface area contributed by atoms with Crippen molar-refractivity contribution in [3.63, 3.8) is 0 Å². The number of methoxy groups -OCH3 is 1. The molecule has 0 saturated carbocycles. The van der Waals surface area contributed by atoms with E-state index < -0.39 is 22.2 Å². The average molecular weight is 491 g/mol. The van der Waals surface area contributed by atoms with Crippen LogP contribution in [0.3, 0.4) is 0 Å². The standard InChI is InChI=1S/C25H34N2O6S/c1-6-25(29)26(4)15-23-17(2)14-27(18(3)16-28)34(30,31)24-12-9-20(13-22(24)33-23)19-7-10-21(32-5)11-8-19/h7-13,17-18,23,28H,6,14-16H2,1-5H3/t17-,18+,23-/m1/s1. The van der Waals surface area contributed by atoms with Crippen molar-refractivity contribution >= 4 is 15.9 Å². The molecule has 34 heavy (non-hydrogen) atoms.